The zero-order valence-corrected chi connectivity index (χ0v) is 19.4. The summed E-state index contributed by atoms with van der Waals surface area (Å²) in [4.78, 5) is 8.98. The normalized spacial score (nSPS) is 12.1. The zero-order chi connectivity index (χ0) is 20.7. The number of allylic oxidation sites excluding steroid dienone is 1. The fourth-order valence-electron chi connectivity index (χ4n) is 2.91. The number of hydrogen-bond donors (Lipinski definition) is 0. The Morgan fingerprint density at radius 3 is 2.39 bits per heavy atom. The molecule has 0 fully saturated rings. The van der Waals surface area contributed by atoms with Crippen LogP contribution in [0.1, 0.15) is 45.4 Å². The average molecular weight is 406 g/mol. The van der Waals surface area contributed by atoms with E-state index in [0.29, 0.717) is 19.9 Å². The van der Waals surface area contributed by atoms with E-state index in [-0.39, 0.29) is 0 Å². The van der Waals surface area contributed by atoms with Gasteiger partial charge in [-0.15, -0.1) is 0 Å². The molecule has 0 aromatic carbocycles. The second-order valence-corrected chi connectivity index (χ2v) is 13.9. The van der Waals surface area contributed by atoms with E-state index in [1.54, 1.807) is 6.33 Å². The first-order valence-corrected chi connectivity index (χ1v) is 13.8. The molecule has 0 bridgehead atoms. The summed E-state index contributed by atoms with van der Waals surface area (Å²) in [6, 6.07) is 3.15. The minimum atomic E-state index is -1.14. The van der Waals surface area contributed by atoms with Gasteiger partial charge in [-0.25, -0.2) is 9.97 Å². The Morgan fingerprint density at radius 1 is 1.14 bits per heavy atom. The van der Waals surface area contributed by atoms with Crippen molar-refractivity contribution < 1.29 is 14.2 Å². The molecule has 0 N–H and O–H groups in total. The monoisotopic (exact) mass is 405 g/mol. The van der Waals surface area contributed by atoms with Crippen molar-refractivity contribution in [1.29, 1.82) is 0 Å². The Hall–Kier alpha value is -1.54. The van der Waals surface area contributed by atoms with Crippen LogP contribution in [0.2, 0.25) is 25.7 Å². The van der Waals surface area contributed by atoms with E-state index in [1.807, 2.05) is 19.9 Å². The molecule has 2 heterocycles. The fourth-order valence-corrected chi connectivity index (χ4v) is 3.66. The molecule has 2 rings (SSSR count). The van der Waals surface area contributed by atoms with Gasteiger partial charge in [0.15, 0.2) is 6.29 Å². The van der Waals surface area contributed by atoms with Crippen molar-refractivity contribution in [3.05, 3.63) is 29.4 Å². The number of fused-ring (bicyclic) bond motifs is 1. The predicted molar refractivity (Wildman–Crippen MR) is 117 cm³/mol. The van der Waals surface area contributed by atoms with Crippen molar-refractivity contribution in [3.8, 4) is 0 Å². The molecule has 0 saturated heterocycles. The van der Waals surface area contributed by atoms with E-state index < -0.39 is 14.4 Å². The Bertz CT molecular complexity index is 786. The summed E-state index contributed by atoms with van der Waals surface area (Å²) in [6.07, 6.45) is 3.22. The zero-order valence-electron chi connectivity index (χ0n) is 18.4. The Kier molecular flexibility index (Phi) is 8.36. The van der Waals surface area contributed by atoms with E-state index >= 15 is 0 Å². The van der Waals surface area contributed by atoms with Crippen molar-refractivity contribution in [3.63, 3.8) is 0 Å². The van der Waals surface area contributed by atoms with E-state index in [9.17, 15) is 0 Å². The number of hydrogen-bond acceptors (Lipinski definition) is 5. The molecule has 0 radical (unpaired) electrons. The molecule has 6 nitrogen and oxygen atoms in total. The highest BCUT2D eigenvalue weighted by Gasteiger charge is 2.22. The third kappa shape index (κ3) is 6.24. The lowest BCUT2D eigenvalue weighted by molar-refractivity contribution is -0.145. The van der Waals surface area contributed by atoms with E-state index in [0.717, 1.165) is 35.1 Å². The molecule has 156 valence electrons. The molecule has 0 atom stereocenters. The largest absolute Gasteiger partial charge is 0.361 e. The van der Waals surface area contributed by atoms with Crippen LogP contribution < -0.4 is 0 Å². The van der Waals surface area contributed by atoms with Crippen molar-refractivity contribution >= 4 is 25.2 Å². The molecular formula is C21H35N3O3Si. The van der Waals surface area contributed by atoms with Crippen LogP contribution in [-0.2, 0) is 20.9 Å². The molecule has 28 heavy (non-hydrogen) atoms. The first kappa shape index (κ1) is 22.7. The van der Waals surface area contributed by atoms with Crippen LogP contribution in [0.15, 0.2) is 18.0 Å². The SMILES string of the molecule is CCOC(OCC)c1cc2ncnc(C=C(C)C)c2n1COCC[Si](C)(C)C. The molecule has 0 amide bonds. The summed E-state index contributed by atoms with van der Waals surface area (Å²) in [5, 5.41) is 0. The molecule has 7 heteroatoms. The van der Waals surface area contributed by atoms with Crippen LogP contribution in [0.4, 0.5) is 0 Å². The third-order valence-corrected chi connectivity index (χ3v) is 5.97. The summed E-state index contributed by atoms with van der Waals surface area (Å²) in [5.74, 6) is 0. The lowest BCUT2D eigenvalue weighted by Crippen LogP contribution is -2.22. The van der Waals surface area contributed by atoms with Crippen LogP contribution in [0.3, 0.4) is 0 Å². The van der Waals surface area contributed by atoms with E-state index in [1.165, 1.54) is 5.57 Å². The highest BCUT2D eigenvalue weighted by atomic mass is 28.3. The van der Waals surface area contributed by atoms with Crippen molar-refractivity contribution in [1.82, 2.24) is 14.5 Å². The molecule has 2 aromatic rings. The van der Waals surface area contributed by atoms with Crippen molar-refractivity contribution in [2.75, 3.05) is 19.8 Å². The summed E-state index contributed by atoms with van der Waals surface area (Å²) >= 11 is 0. The van der Waals surface area contributed by atoms with Gasteiger partial charge in [0.2, 0.25) is 0 Å². The lowest BCUT2D eigenvalue weighted by Gasteiger charge is -2.21. The maximum Gasteiger partial charge on any atom is 0.199 e. The summed E-state index contributed by atoms with van der Waals surface area (Å²) in [7, 11) is -1.14. The van der Waals surface area contributed by atoms with E-state index in [2.05, 4.69) is 54.1 Å². The van der Waals surface area contributed by atoms with Crippen molar-refractivity contribution in [2.24, 2.45) is 0 Å². The van der Waals surface area contributed by atoms with Gasteiger partial charge in [0.25, 0.3) is 0 Å². The smallest absolute Gasteiger partial charge is 0.199 e. The molecule has 0 aliphatic heterocycles. The number of rotatable bonds is 11. The number of nitrogens with zero attached hydrogens (tertiary/aromatic N) is 3. The molecule has 2 aromatic heterocycles. The summed E-state index contributed by atoms with van der Waals surface area (Å²) in [5.41, 5.74) is 4.80. The van der Waals surface area contributed by atoms with Gasteiger partial charge < -0.3 is 18.8 Å². The van der Waals surface area contributed by atoms with Gasteiger partial charge in [-0.1, -0.05) is 25.2 Å². The Morgan fingerprint density at radius 2 is 1.82 bits per heavy atom. The Balaban J connectivity index is 2.46. The third-order valence-electron chi connectivity index (χ3n) is 4.26. The van der Waals surface area contributed by atoms with Gasteiger partial charge in [-0.3, -0.25) is 0 Å². The van der Waals surface area contributed by atoms with Gasteiger partial charge in [-0.2, -0.15) is 0 Å². The average Bonchev–Trinajstić information content (AvgIpc) is 2.97. The first-order valence-electron chi connectivity index (χ1n) is 10.1. The van der Waals surface area contributed by atoms with Crippen molar-refractivity contribution in [2.45, 2.75) is 66.4 Å². The highest BCUT2D eigenvalue weighted by Crippen LogP contribution is 2.29. The summed E-state index contributed by atoms with van der Waals surface area (Å²) < 4.78 is 19.9. The first-order chi connectivity index (χ1) is 13.3. The van der Waals surface area contributed by atoms with Gasteiger partial charge >= 0.3 is 0 Å². The second kappa shape index (κ2) is 10.3. The van der Waals surface area contributed by atoms with Gasteiger partial charge in [-0.05, 0) is 45.9 Å². The Labute approximate surface area is 169 Å². The molecule has 0 aliphatic rings. The minimum absolute atomic E-state index is 0.428. The van der Waals surface area contributed by atoms with E-state index in [4.69, 9.17) is 14.2 Å². The quantitative estimate of drug-likeness (QED) is 0.291. The molecule has 0 spiro atoms. The molecule has 0 saturated carbocycles. The van der Waals surface area contributed by atoms with Crippen LogP contribution in [0, 0.1) is 0 Å². The highest BCUT2D eigenvalue weighted by molar-refractivity contribution is 6.76. The maximum atomic E-state index is 6.08. The van der Waals surface area contributed by atoms with Crippen LogP contribution >= 0.6 is 0 Å². The topological polar surface area (TPSA) is 58.4 Å². The maximum absolute atomic E-state index is 6.08. The number of ether oxygens (including phenoxy) is 3. The van der Waals surface area contributed by atoms with Gasteiger partial charge in [0, 0.05) is 27.9 Å². The van der Waals surface area contributed by atoms with Crippen LogP contribution in [0.5, 0.6) is 0 Å². The molecule has 0 aliphatic carbocycles. The molecular weight excluding hydrogens is 370 g/mol. The fraction of sp³-hybridized carbons (Fsp3) is 0.619. The standard InChI is InChI=1S/C21H35N3O3Si/c1-8-26-21(27-9-2)19-13-18-20(17(12-16(3)4)22-14-23-18)24(19)15-25-10-11-28(5,6)7/h12-14,21H,8-11,15H2,1-7H3. The minimum Gasteiger partial charge on any atom is -0.361 e. The van der Waals surface area contributed by atoms with Gasteiger partial charge in [0.05, 0.1) is 22.4 Å². The van der Waals surface area contributed by atoms with Crippen LogP contribution in [0.25, 0.3) is 17.1 Å². The second-order valence-electron chi connectivity index (χ2n) is 8.30. The lowest BCUT2D eigenvalue weighted by atomic mass is 10.2. The van der Waals surface area contributed by atoms with Crippen LogP contribution in [-0.4, -0.2) is 42.4 Å². The molecule has 0 unspecified atom stereocenters. The predicted octanol–water partition coefficient (Wildman–Crippen LogP) is 5.24. The summed E-state index contributed by atoms with van der Waals surface area (Å²) in [6.45, 7) is 17.4. The van der Waals surface area contributed by atoms with Gasteiger partial charge in [0.1, 0.15) is 13.1 Å². The number of aromatic nitrogens is 3.